The van der Waals surface area contributed by atoms with Gasteiger partial charge in [-0.2, -0.15) is 0 Å². The van der Waals surface area contributed by atoms with Crippen LogP contribution >= 0.6 is 0 Å². The summed E-state index contributed by atoms with van der Waals surface area (Å²) < 4.78 is 13.7. The van der Waals surface area contributed by atoms with Crippen LogP contribution < -0.4 is 10.1 Å². The summed E-state index contributed by atoms with van der Waals surface area (Å²) in [6, 6.07) is 23.6. The maximum Gasteiger partial charge on any atom is 0.206 e. The first-order valence-corrected chi connectivity index (χ1v) is 12.9. The average Bonchev–Trinajstić information content (AvgIpc) is 3.46. The molecule has 9 nitrogen and oxygen atoms in total. The summed E-state index contributed by atoms with van der Waals surface area (Å²) in [6.45, 7) is 0.646. The molecule has 1 aliphatic rings. The summed E-state index contributed by atoms with van der Waals surface area (Å²) in [4.78, 5) is 4.70. The lowest BCUT2D eigenvalue weighted by Gasteiger charge is -2.20. The lowest BCUT2D eigenvalue weighted by molar-refractivity contribution is -0.0499. The van der Waals surface area contributed by atoms with Gasteiger partial charge in [-0.3, -0.25) is 4.57 Å². The summed E-state index contributed by atoms with van der Waals surface area (Å²) in [5, 5.41) is 43.1. The van der Waals surface area contributed by atoms with Gasteiger partial charge in [-0.1, -0.05) is 54.6 Å². The van der Waals surface area contributed by atoms with Crippen molar-refractivity contribution in [2.24, 2.45) is 0 Å². The van der Waals surface area contributed by atoms with E-state index in [-0.39, 0.29) is 6.61 Å². The number of aromatic nitrogens is 2. The van der Waals surface area contributed by atoms with Gasteiger partial charge in [0.25, 0.3) is 0 Å². The van der Waals surface area contributed by atoms with E-state index in [2.05, 4.69) is 5.32 Å². The smallest absolute Gasteiger partial charge is 0.206 e. The molecule has 0 amide bonds. The Balaban J connectivity index is 1.42. The fourth-order valence-electron chi connectivity index (χ4n) is 4.75. The Morgan fingerprint density at radius 3 is 2.47 bits per heavy atom. The Morgan fingerprint density at radius 1 is 0.921 bits per heavy atom. The summed E-state index contributed by atoms with van der Waals surface area (Å²) in [6.07, 6.45) is -2.81. The fourth-order valence-corrected chi connectivity index (χ4v) is 4.75. The molecule has 1 fully saturated rings. The van der Waals surface area contributed by atoms with E-state index in [1.165, 1.54) is 0 Å². The third kappa shape index (κ3) is 5.38. The van der Waals surface area contributed by atoms with Crippen LogP contribution in [0, 0.1) is 0 Å². The monoisotopic (exact) mass is 519 g/mol. The van der Waals surface area contributed by atoms with Crippen LogP contribution in [0.1, 0.15) is 24.6 Å². The summed E-state index contributed by atoms with van der Waals surface area (Å²) in [5.41, 5.74) is 4.44. The highest BCUT2D eigenvalue weighted by molar-refractivity contribution is 5.79. The fraction of sp³-hybridized carbons (Fsp3) is 0.345. The zero-order chi connectivity index (χ0) is 26.5. The minimum Gasteiger partial charge on any atom is -0.493 e. The Kier molecular flexibility index (Phi) is 8.21. The average molecular weight is 520 g/mol. The largest absolute Gasteiger partial charge is 0.493 e. The molecule has 1 saturated heterocycles. The molecule has 9 heteroatoms. The molecule has 0 bridgehead atoms. The van der Waals surface area contributed by atoms with Crippen LogP contribution in [0.2, 0.25) is 0 Å². The van der Waals surface area contributed by atoms with Crippen LogP contribution in [0.25, 0.3) is 22.2 Å². The van der Waals surface area contributed by atoms with Crippen molar-refractivity contribution in [2.45, 2.75) is 43.9 Å². The number of benzene rings is 3. The van der Waals surface area contributed by atoms with E-state index in [1.807, 2.05) is 72.8 Å². The number of anilines is 1. The molecule has 0 spiro atoms. The van der Waals surface area contributed by atoms with E-state index < -0.39 is 31.1 Å². The molecule has 4 aromatic rings. The van der Waals surface area contributed by atoms with Crippen molar-refractivity contribution in [3.05, 3.63) is 78.4 Å². The summed E-state index contributed by atoms with van der Waals surface area (Å²) in [5.74, 6) is 1.23. The SMILES string of the molecule is OCCCCOc1cc(CNc2nc3ccccc3n2[C@@H]2O[C@H](CO)[C@@H](O)[C@H]2O)ccc1-c1ccccc1. The number of nitrogens with zero attached hydrogens (tertiary/aromatic N) is 2. The Hall–Kier alpha value is -3.47. The molecule has 200 valence electrons. The first-order chi connectivity index (χ1) is 18.6. The second-order valence-corrected chi connectivity index (χ2v) is 9.35. The van der Waals surface area contributed by atoms with Gasteiger partial charge in [0.2, 0.25) is 5.95 Å². The van der Waals surface area contributed by atoms with E-state index in [0.29, 0.717) is 31.0 Å². The predicted octanol–water partition coefficient (Wildman–Crippen LogP) is 3.08. The number of imidazole rings is 1. The van der Waals surface area contributed by atoms with Gasteiger partial charge in [-0.05, 0) is 42.2 Å². The number of unbranched alkanes of at least 4 members (excludes halogenated alkanes) is 1. The second-order valence-electron chi connectivity index (χ2n) is 9.35. The third-order valence-corrected chi connectivity index (χ3v) is 6.76. The van der Waals surface area contributed by atoms with Crippen molar-refractivity contribution in [2.75, 3.05) is 25.1 Å². The number of hydrogen-bond donors (Lipinski definition) is 5. The van der Waals surface area contributed by atoms with Crippen LogP contribution in [0.4, 0.5) is 5.95 Å². The Labute approximate surface area is 220 Å². The molecule has 38 heavy (non-hydrogen) atoms. The molecule has 2 heterocycles. The highest BCUT2D eigenvalue weighted by atomic mass is 16.6. The molecular formula is C29H33N3O6. The number of hydrogen-bond acceptors (Lipinski definition) is 8. The molecule has 5 rings (SSSR count). The topological polar surface area (TPSA) is 129 Å². The summed E-state index contributed by atoms with van der Waals surface area (Å²) >= 11 is 0. The molecule has 0 unspecified atom stereocenters. The van der Waals surface area contributed by atoms with E-state index >= 15 is 0 Å². The van der Waals surface area contributed by atoms with Gasteiger partial charge in [-0.15, -0.1) is 0 Å². The molecule has 1 aromatic heterocycles. The standard InChI is InChI=1S/C29H33N3O6/c33-14-6-7-15-37-24-16-19(12-13-21(24)20-8-2-1-3-9-20)17-30-29-31-22-10-4-5-11-23(22)32(29)28-27(36)26(35)25(18-34)38-28/h1-5,8-13,16,25-28,33-36H,6-7,14-15,17-18H2,(H,30,31)/t25-,26-,27-,28-/m1/s1. The van der Waals surface area contributed by atoms with Crippen LogP contribution in [0.15, 0.2) is 72.8 Å². The minimum absolute atomic E-state index is 0.134. The number of aliphatic hydroxyl groups is 4. The quantitative estimate of drug-likeness (QED) is 0.191. The van der Waals surface area contributed by atoms with Crippen LogP contribution in [0.5, 0.6) is 5.75 Å². The zero-order valence-electron chi connectivity index (χ0n) is 21.0. The number of ether oxygens (including phenoxy) is 2. The van der Waals surface area contributed by atoms with Crippen molar-refractivity contribution in [3.63, 3.8) is 0 Å². The predicted molar refractivity (Wildman–Crippen MR) is 144 cm³/mol. The number of rotatable bonds is 11. The molecule has 4 atom stereocenters. The summed E-state index contributed by atoms with van der Waals surface area (Å²) in [7, 11) is 0. The number of para-hydroxylation sites is 2. The van der Waals surface area contributed by atoms with Crippen LogP contribution in [0.3, 0.4) is 0 Å². The Morgan fingerprint density at radius 2 is 1.71 bits per heavy atom. The molecular weight excluding hydrogens is 486 g/mol. The van der Waals surface area contributed by atoms with Gasteiger partial charge < -0.3 is 35.2 Å². The van der Waals surface area contributed by atoms with Gasteiger partial charge in [0, 0.05) is 18.7 Å². The molecule has 0 radical (unpaired) electrons. The van der Waals surface area contributed by atoms with Gasteiger partial charge >= 0.3 is 0 Å². The van der Waals surface area contributed by atoms with Gasteiger partial charge in [0.1, 0.15) is 24.1 Å². The molecule has 5 N–H and O–H groups in total. The number of aliphatic hydroxyl groups excluding tert-OH is 4. The molecule has 0 saturated carbocycles. The minimum atomic E-state index is -1.23. The second kappa shape index (κ2) is 11.9. The van der Waals surface area contributed by atoms with Crippen molar-refractivity contribution in [1.29, 1.82) is 0 Å². The third-order valence-electron chi connectivity index (χ3n) is 6.76. The molecule has 3 aromatic carbocycles. The Bertz CT molecular complexity index is 1340. The van der Waals surface area contributed by atoms with Crippen LogP contribution in [-0.2, 0) is 11.3 Å². The van der Waals surface area contributed by atoms with Gasteiger partial charge in [0.05, 0.1) is 24.2 Å². The highest BCUT2D eigenvalue weighted by Crippen LogP contribution is 2.36. The number of nitrogens with one attached hydrogen (secondary N) is 1. The van der Waals surface area contributed by atoms with Gasteiger partial charge in [-0.25, -0.2) is 4.98 Å². The van der Waals surface area contributed by atoms with Crippen molar-refractivity contribution in [1.82, 2.24) is 9.55 Å². The maximum absolute atomic E-state index is 10.7. The molecule has 0 aliphatic carbocycles. The highest BCUT2D eigenvalue weighted by Gasteiger charge is 2.44. The first kappa shape index (κ1) is 26.1. The van der Waals surface area contributed by atoms with E-state index in [1.54, 1.807) is 4.57 Å². The maximum atomic E-state index is 10.7. The first-order valence-electron chi connectivity index (χ1n) is 12.9. The lowest BCUT2D eigenvalue weighted by Crippen LogP contribution is -2.33. The van der Waals surface area contributed by atoms with E-state index in [0.717, 1.165) is 34.4 Å². The lowest BCUT2D eigenvalue weighted by atomic mass is 10.0. The van der Waals surface area contributed by atoms with E-state index in [9.17, 15) is 15.3 Å². The normalized spacial score (nSPS) is 21.2. The zero-order valence-corrected chi connectivity index (χ0v) is 21.0. The number of fused-ring (bicyclic) bond motifs is 1. The van der Waals surface area contributed by atoms with Gasteiger partial charge in [0.15, 0.2) is 6.23 Å². The van der Waals surface area contributed by atoms with Crippen molar-refractivity contribution in [3.8, 4) is 16.9 Å². The van der Waals surface area contributed by atoms with E-state index in [4.69, 9.17) is 19.6 Å². The van der Waals surface area contributed by atoms with Crippen molar-refractivity contribution >= 4 is 17.0 Å². The molecule has 1 aliphatic heterocycles. The van der Waals surface area contributed by atoms with Crippen molar-refractivity contribution < 1.29 is 29.9 Å². The van der Waals surface area contributed by atoms with Crippen LogP contribution in [-0.4, -0.2) is 68.1 Å².